The summed E-state index contributed by atoms with van der Waals surface area (Å²) in [6.45, 7) is 0.350. The highest BCUT2D eigenvalue weighted by molar-refractivity contribution is 9.08. The Hall–Kier alpha value is -1.23. The van der Waals surface area contributed by atoms with E-state index in [4.69, 9.17) is 27.9 Å². The van der Waals surface area contributed by atoms with Crippen LogP contribution in [-0.2, 0) is 11.9 Å². The van der Waals surface area contributed by atoms with E-state index >= 15 is 0 Å². The molecule has 3 aromatic rings. The van der Waals surface area contributed by atoms with Crippen molar-refractivity contribution in [2.75, 3.05) is 0 Å². The molecule has 0 aliphatic carbocycles. The van der Waals surface area contributed by atoms with E-state index in [0.717, 1.165) is 16.9 Å². The number of pyridine rings is 1. The van der Waals surface area contributed by atoms with Gasteiger partial charge in [0.05, 0.1) is 10.7 Å². The zero-order valence-corrected chi connectivity index (χ0v) is 14.0. The van der Waals surface area contributed by atoms with Crippen LogP contribution < -0.4 is 4.74 Å². The first kappa shape index (κ1) is 14.7. The third kappa shape index (κ3) is 3.18. The van der Waals surface area contributed by atoms with Crippen LogP contribution in [0.15, 0.2) is 42.7 Å². The molecular weight excluding hydrogens is 375 g/mol. The maximum atomic E-state index is 6.20. The summed E-state index contributed by atoms with van der Waals surface area (Å²) in [7, 11) is 0. The van der Waals surface area contributed by atoms with Gasteiger partial charge in [0.25, 0.3) is 0 Å². The van der Waals surface area contributed by atoms with E-state index in [1.165, 1.54) is 0 Å². The number of hydrogen-bond acceptors (Lipinski definition) is 2. The van der Waals surface area contributed by atoms with E-state index in [-0.39, 0.29) is 0 Å². The first-order chi connectivity index (χ1) is 10.2. The maximum absolute atomic E-state index is 6.20. The average molecular weight is 386 g/mol. The molecule has 6 heteroatoms. The minimum atomic E-state index is 0.350. The van der Waals surface area contributed by atoms with Gasteiger partial charge in [-0.2, -0.15) is 0 Å². The molecule has 0 amide bonds. The lowest BCUT2D eigenvalue weighted by Crippen LogP contribution is -1.99. The summed E-state index contributed by atoms with van der Waals surface area (Å²) < 4.78 is 7.78. The first-order valence-electron chi connectivity index (χ1n) is 6.26. The normalized spacial score (nSPS) is 11.0. The van der Waals surface area contributed by atoms with Crippen molar-refractivity contribution in [2.45, 2.75) is 11.9 Å². The molecule has 1 aromatic carbocycles. The number of nitrogens with zero attached hydrogens (tertiary/aromatic N) is 2. The van der Waals surface area contributed by atoms with Gasteiger partial charge in [-0.3, -0.25) is 0 Å². The van der Waals surface area contributed by atoms with E-state index in [0.29, 0.717) is 27.7 Å². The van der Waals surface area contributed by atoms with E-state index in [1.807, 2.05) is 41.1 Å². The van der Waals surface area contributed by atoms with Crippen LogP contribution in [0.5, 0.6) is 5.75 Å². The van der Waals surface area contributed by atoms with Crippen molar-refractivity contribution in [2.24, 2.45) is 0 Å². The van der Waals surface area contributed by atoms with Gasteiger partial charge in [0.15, 0.2) is 0 Å². The Bertz CT molecular complexity index is 755. The van der Waals surface area contributed by atoms with Crippen LogP contribution in [0.1, 0.15) is 11.3 Å². The van der Waals surface area contributed by atoms with Crippen LogP contribution in [0.3, 0.4) is 0 Å². The number of alkyl halides is 1. The molecule has 21 heavy (non-hydrogen) atoms. The topological polar surface area (TPSA) is 26.5 Å². The van der Waals surface area contributed by atoms with Crippen LogP contribution in [0, 0.1) is 0 Å². The Morgan fingerprint density at radius 3 is 2.86 bits per heavy atom. The smallest absolute Gasteiger partial charge is 0.142 e. The summed E-state index contributed by atoms with van der Waals surface area (Å²) in [5.74, 6) is 0.634. The van der Waals surface area contributed by atoms with Crippen molar-refractivity contribution in [3.05, 3.63) is 64.0 Å². The van der Waals surface area contributed by atoms with Gasteiger partial charge in [-0.25, -0.2) is 4.98 Å². The molecule has 0 aliphatic rings. The van der Waals surface area contributed by atoms with Gasteiger partial charge >= 0.3 is 0 Å². The quantitative estimate of drug-likeness (QED) is 0.583. The molecule has 0 fully saturated rings. The van der Waals surface area contributed by atoms with E-state index in [1.54, 1.807) is 6.07 Å². The third-order valence-electron chi connectivity index (χ3n) is 3.01. The lowest BCUT2D eigenvalue weighted by Gasteiger charge is -2.11. The second-order valence-electron chi connectivity index (χ2n) is 4.50. The van der Waals surface area contributed by atoms with Gasteiger partial charge in [0.2, 0.25) is 0 Å². The van der Waals surface area contributed by atoms with Crippen LogP contribution in [0.25, 0.3) is 5.65 Å². The molecule has 108 valence electrons. The Balaban J connectivity index is 1.84. The minimum Gasteiger partial charge on any atom is -0.485 e. The summed E-state index contributed by atoms with van der Waals surface area (Å²) in [5.41, 5.74) is 2.64. The molecule has 0 saturated carbocycles. The summed E-state index contributed by atoms with van der Waals surface area (Å²) >= 11 is 15.6. The molecule has 2 heterocycles. The summed E-state index contributed by atoms with van der Waals surface area (Å²) in [6.07, 6.45) is 3.89. The van der Waals surface area contributed by atoms with E-state index in [2.05, 4.69) is 20.9 Å². The number of hydrogen-bond donors (Lipinski definition) is 0. The Kier molecular flexibility index (Phi) is 4.38. The molecule has 2 aromatic heterocycles. The fraction of sp³-hybridized carbons (Fsp3) is 0.133. The third-order valence-corrected chi connectivity index (χ3v) is 4.11. The Morgan fingerprint density at radius 2 is 2.10 bits per heavy atom. The molecule has 0 atom stereocenters. The second-order valence-corrected chi connectivity index (χ2v) is 5.90. The van der Waals surface area contributed by atoms with Gasteiger partial charge in [-0.05, 0) is 24.3 Å². The zero-order chi connectivity index (χ0) is 14.8. The Labute approximate surface area is 140 Å². The molecule has 0 N–H and O–H groups in total. The molecule has 3 nitrogen and oxygen atoms in total. The molecule has 0 bridgehead atoms. The zero-order valence-electron chi connectivity index (χ0n) is 10.9. The van der Waals surface area contributed by atoms with Crippen LogP contribution >= 0.6 is 39.1 Å². The standard InChI is InChI=1S/C15H11BrCl2N2O/c16-7-10-5-11(17)6-13(18)15(10)21-9-12-8-20-4-2-1-3-14(20)19-12/h1-6,8H,7,9H2. The molecule has 0 aliphatic heterocycles. The fourth-order valence-electron chi connectivity index (χ4n) is 2.08. The molecule has 0 saturated heterocycles. The largest absolute Gasteiger partial charge is 0.485 e. The van der Waals surface area contributed by atoms with Crippen molar-refractivity contribution < 1.29 is 4.74 Å². The van der Waals surface area contributed by atoms with Crippen molar-refractivity contribution in [1.29, 1.82) is 0 Å². The molecule has 0 unspecified atom stereocenters. The molecule has 3 rings (SSSR count). The Morgan fingerprint density at radius 1 is 1.24 bits per heavy atom. The van der Waals surface area contributed by atoms with E-state index < -0.39 is 0 Å². The van der Waals surface area contributed by atoms with Crippen molar-refractivity contribution >= 4 is 44.8 Å². The first-order valence-corrected chi connectivity index (χ1v) is 8.14. The van der Waals surface area contributed by atoms with Crippen molar-refractivity contribution in [1.82, 2.24) is 9.38 Å². The lowest BCUT2D eigenvalue weighted by molar-refractivity contribution is 0.300. The number of rotatable bonds is 4. The summed E-state index contributed by atoms with van der Waals surface area (Å²) in [6, 6.07) is 9.36. The summed E-state index contributed by atoms with van der Waals surface area (Å²) in [5, 5.41) is 1.71. The predicted octanol–water partition coefficient (Wildman–Crippen LogP) is 5.12. The van der Waals surface area contributed by atoms with Gasteiger partial charge in [0.1, 0.15) is 18.0 Å². The number of benzene rings is 1. The van der Waals surface area contributed by atoms with Crippen molar-refractivity contribution in [3.63, 3.8) is 0 Å². The summed E-state index contributed by atoms with van der Waals surface area (Å²) in [4.78, 5) is 4.49. The predicted molar refractivity (Wildman–Crippen MR) is 88.6 cm³/mol. The molecule has 0 radical (unpaired) electrons. The van der Waals surface area contributed by atoms with Crippen LogP contribution in [-0.4, -0.2) is 9.38 Å². The number of imidazole rings is 1. The van der Waals surface area contributed by atoms with Crippen LogP contribution in [0.4, 0.5) is 0 Å². The van der Waals surface area contributed by atoms with Gasteiger partial charge in [-0.15, -0.1) is 0 Å². The average Bonchev–Trinajstić information content (AvgIpc) is 2.88. The molecular formula is C15H11BrCl2N2O. The highest BCUT2D eigenvalue weighted by atomic mass is 79.9. The second kappa shape index (κ2) is 6.26. The maximum Gasteiger partial charge on any atom is 0.142 e. The number of aromatic nitrogens is 2. The highest BCUT2D eigenvalue weighted by Crippen LogP contribution is 2.34. The van der Waals surface area contributed by atoms with Crippen LogP contribution in [0.2, 0.25) is 10.0 Å². The van der Waals surface area contributed by atoms with Crippen molar-refractivity contribution in [3.8, 4) is 5.75 Å². The highest BCUT2D eigenvalue weighted by Gasteiger charge is 2.11. The van der Waals surface area contributed by atoms with E-state index in [9.17, 15) is 0 Å². The molecule has 0 spiro atoms. The number of halogens is 3. The fourth-order valence-corrected chi connectivity index (χ4v) is 3.08. The van der Waals surface area contributed by atoms with Gasteiger partial charge in [-0.1, -0.05) is 45.2 Å². The number of fused-ring (bicyclic) bond motifs is 1. The van der Waals surface area contributed by atoms with Gasteiger partial charge in [0, 0.05) is 28.3 Å². The minimum absolute atomic E-state index is 0.350. The number of ether oxygens (including phenoxy) is 1. The van der Waals surface area contributed by atoms with Gasteiger partial charge < -0.3 is 9.14 Å². The lowest BCUT2D eigenvalue weighted by atomic mass is 10.2. The monoisotopic (exact) mass is 384 g/mol. The SMILES string of the molecule is Clc1cc(Cl)c(OCc2cn3ccccc3n2)c(CBr)c1.